The average Bonchev–Trinajstić information content (AvgIpc) is 3.16. The molecule has 1 aliphatic carbocycles. The first-order chi connectivity index (χ1) is 9.88. The summed E-state index contributed by atoms with van der Waals surface area (Å²) in [5.41, 5.74) is 1.27. The highest BCUT2D eigenvalue weighted by Crippen LogP contribution is 2.46. The van der Waals surface area contributed by atoms with Gasteiger partial charge >= 0.3 is 6.18 Å². The van der Waals surface area contributed by atoms with Gasteiger partial charge in [0.05, 0.1) is 22.5 Å². The van der Waals surface area contributed by atoms with Crippen molar-refractivity contribution in [3.05, 3.63) is 35.3 Å². The van der Waals surface area contributed by atoms with Crippen LogP contribution in [-0.4, -0.2) is 10.1 Å². The summed E-state index contributed by atoms with van der Waals surface area (Å²) in [6, 6.07) is 2.45. The summed E-state index contributed by atoms with van der Waals surface area (Å²) in [7, 11) is 0. The van der Waals surface area contributed by atoms with E-state index in [1.54, 1.807) is 0 Å². The van der Waals surface area contributed by atoms with Gasteiger partial charge in [-0.05, 0) is 30.9 Å². The van der Waals surface area contributed by atoms with Crippen LogP contribution in [0.1, 0.15) is 55.5 Å². The fraction of sp³-hybridized carbons (Fsp3) is 0.467. The molecule has 2 aromatic rings. The van der Waals surface area contributed by atoms with Gasteiger partial charge in [0.2, 0.25) is 0 Å². The molecule has 6 heteroatoms. The molecule has 0 atom stereocenters. The predicted octanol–water partition coefficient (Wildman–Crippen LogP) is 4.76. The molecule has 0 radical (unpaired) electrons. The Morgan fingerprint density at radius 2 is 1.95 bits per heavy atom. The molecule has 1 fully saturated rings. The third-order valence-electron chi connectivity index (χ3n) is 3.59. The van der Waals surface area contributed by atoms with Crippen LogP contribution in [0.5, 0.6) is 0 Å². The van der Waals surface area contributed by atoms with Gasteiger partial charge in [0.1, 0.15) is 5.76 Å². The Morgan fingerprint density at radius 3 is 2.43 bits per heavy atom. The van der Waals surface area contributed by atoms with Crippen molar-refractivity contribution in [2.24, 2.45) is 0 Å². The molecule has 3 rings (SSSR count). The summed E-state index contributed by atoms with van der Waals surface area (Å²) in [5, 5.41) is 4.09. The zero-order valence-electron chi connectivity index (χ0n) is 11.7. The maximum Gasteiger partial charge on any atom is 0.417 e. The van der Waals surface area contributed by atoms with Crippen molar-refractivity contribution < 1.29 is 17.7 Å². The summed E-state index contributed by atoms with van der Waals surface area (Å²) in [6.07, 6.45) is -1.45. The number of aromatic nitrogens is 2. The molecule has 112 valence electrons. The van der Waals surface area contributed by atoms with Crippen molar-refractivity contribution in [3.63, 3.8) is 0 Å². The summed E-state index contributed by atoms with van der Waals surface area (Å²) in [6.45, 7) is 3.95. The highest BCUT2D eigenvalue weighted by atomic mass is 19.4. The lowest BCUT2D eigenvalue weighted by atomic mass is 9.99. The van der Waals surface area contributed by atoms with Gasteiger partial charge in [0, 0.05) is 12.1 Å². The Bertz CT molecular complexity index is 620. The molecule has 0 amide bonds. The number of rotatable bonds is 3. The summed E-state index contributed by atoms with van der Waals surface area (Å²) < 4.78 is 43.3. The lowest BCUT2D eigenvalue weighted by Gasteiger charge is -2.08. The van der Waals surface area contributed by atoms with Crippen LogP contribution in [0.15, 0.2) is 22.9 Å². The minimum Gasteiger partial charge on any atom is -0.360 e. The van der Waals surface area contributed by atoms with Gasteiger partial charge in [0.25, 0.3) is 0 Å². The fourth-order valence-corrected chi connectivity index (χ4v) is 2.30. The summed E-state index contributed by atoms with van der Waals surface area (Å²) in [4.78, 5) is 3.98. The second-order valence-corrected chi connectivity index (χ2v) is 5.67. The van der Waals surface area contributed by atoms with E-state index in [0.29, 0.717) is 11.6 Å². The van der Waals surface area contributed by atoms with Crippen molar-refractivity contribution in [2.75, 3.05) is 0 Å². The molecule has 0 spiro atoms. The molecule has 2 heterocycles. The lowest BCUT2D eigenvalue weighted by Crippen LogP contribution is -2.05. The fourth-order valence-electron chi connectivity index (χ4n) is 2.30. The molecule has 0 N–H and O–H groups in total. The highest BCUT2D eigenvalue weighted by molar-refractivity contribution is 5.66. The van der Waals surface area contributed by atoms with Gasteiger partial charge in [-0.25, -0.2) is 0 Å². The largest absolute Gasteiger partial charge is 0.417 e. The van der Waals surface area contributed by atoms with E-state index in [2.05, 4.69) is 10.1 Å². The molecule has 1 saturated carbocycles. The van der Waals surface area contributed by atoms with E-state index in [1.165, 1.54) is 6.07 Å². The van der Waals surface area contributed by atoms with Crippen LogP contribution >= 0.6 is 0 Å². The van der Waals surface area contributed by atoms with E-state index in [0.717, 1.165) is 42.1 Å². The van der Waals surface area contributed by atoms with Gasteiger partial charge in [0.15, 0.2) is 0 Å². The molecule has 0 aromatic carbocycles. The van der Waals surface area contributed by atoms with Crippen LogP contribution in [0.3, 0.4) is 0 Å². The Balaban J connectivity index is 2.05. The Kier molecular flexibility index (Phi) is 3.26. The molecular weight excluding hydrogens is 281 g/mol. The standard InChI is InChI=1S/C15H15F3N2O/c1-8(2)13-12(14(21-20-13)9-3-4-9)11-6-5-10(7-19-11)15(16,17)18/h5-9H,3-4H2,1-2H3. The van der Waals surface area contributed by atoms with Gasteiger partial charge < -0.3 is 4.52 Å². The van der Waals surface area contributed by atoms with E-state index < -0.39 is 11.7 Å². The minimum absolute atomic E-state index is 0.125. The number of hydrogen-bond acceptors (Lipinski definition) is 3. The first-order valence-corrected chi connectivity index (χ1v) is 6.91. The van der Waals surface area contributed by atoms with Crippen LogP contribution in [-0.2, 0) is 6.18 Å². The number of hydrogen-bond donors (Lipinski definition) is 0. The number of alkyl halides is 3. The summed E-state index contributed by atoms with van der Waals surface area (Å²) in [5.74, 6) is 1.20. The van der Waals surface area contributed by atoms with E-state index in [9.17, 15) is 13.2 Å². The SMILES string of the molecule is CC(C)c1noc(C2CC2)c1-c1ccc(C(F)(F)F)cn1. The minimum atomic E-state index is -4.37. The zero-order valence-corrected chi connectivity index (χ0v) is 11.7. The van der Waals surface area contributed by atoms with Crippen LogP contribution in [0.25, 0.3) is 11.3 Å². The maximum atomic E-state index is 12.6. The van der Waals surface area contributed by atoms with Crippen molar-refractivity contribution >= 4 is 0 Å². The second-order valence-electron chi connectivity index (χ2n) is 5.67. The topological polar surface area (TPSA) is 38.9 Å². The molecule has 3 nitrogen and oxygen atoms in total. The van der Waals surface area contributed by atoms with Crippen molar-refractivity contribution in [1.82, 2.24) is 10.1 Å². The average molecular weight is 296 g/mol. The Labute approximate surface area is 120 Å². The van der Waals surface area contributed by atoms with Gasteiger partial charge in [-0.2, -0.15) is 13.2 Å². The van der Waals surface area contributed by atoms with Crippen LogP contribution in [0, 0.1) is 0 Å². The highest BCUT2D eigenvalue weighted by Gasteiger charge is 2.35. The van der Waals surface area contributed by atoms with E-state index >= 15 is 0 Å². The monoisotopic (exact) mass is 296 g/mol. The van der Waals surface area contributed by atoms with E-state index in [1.807, 2.05) is 13.8 Å². The summed E-state index contributed by atoms with van der Waals surface area (Å²) >= 11 is 0. The normalized spacial score (nSPS) is 15.7. The van der Waals surface area contributed by atoms with Gasteiger partial charge in [-0.15, -0.1) is 0 Å². The number of pyridine rings is 1. The van der Waals surface area contributed by atoms with Gasteiger partial charge in [-0.3, -0.25) is 4.98 Å². The van der Waals surface area contributed by atoms with Gasteiger partial charge in [-0.1, -0.05) is 19.0 Å². The molecular formula is C15H15F3N2O. The third kappa shape index (κ3) is 2.66. The number of halogens is 3. The van der Waals surface area contributed by atoms with Crippen LogP contribution in [0.4, 0.5) is 13.2 Å². The quantitative estimate of drug-likeness (QED) is 0.820. The van der Waals surface area contributed by atoms with Crippen molar-refractivity contribution in [3.8, 4) is 11.3 Å². The Hall–Kier alpha value is -1.85. The molecule has 0 aliphatic heterocycles. The third-order valence-corrected chi connectivity index (χ3v) is 3.59. The lowest BCUT2D eigenvalue weighted by molar-refractivity contribution is -0.137. The smallest absolute Gasteiger partial charge is 0.360 e. The second kappa shape index (κ2) is 4.86. The van der Waals surface area contributed by atoms with E-state index in [-0.39, 0.29) is 5.92 Å². The predicted molar refractivity (Wildman–Crippen MR) is 70.8 cm³/mol. The molecule has 2 aromatic heterocycles. The first-order valence-electron chi connectivity index (χ1n) is 6.91. The van der Waals surface area contributed by atoms with Crippen molar-refractivity contribution in [1.29, 1.82) is 0 Å². The van der Waals surface area contributed by atoms with Crippen molar-refractivity contribution in [2.45, 2.75) is 44.7 Å². The van der Waals surface area contributed by atoms with E-state index in [4.69, 9.17) is 4.52 Å². The molecule has 0 bridgehead atoms. The molecule has 21 heavy (non-hydrogen) atoms. The number of nitrogens with zero attached hydrogens (tertiary/aromatic N) is 2. The molecule has 0 unspecified atom stereocenters. The zero-order chi connectivity index (χ0) is 15.2. The Morgan fingerprint density at radius 1 is 1.24 bits per heavy atom. The molecule has 1 aliphatic rings. The molecule has 0 saturated heterocycles. The maximum absolute atomic E-state index is 12.6. The van der Waals surface area contributed by atoms with Crippen LogP contribution < -0.4 is 0 Å². The first kappa shape index (κ1) is 14.1. The van der Waals surface area contributed by atoms with Crippen LogP contribution in [0.2, 0.25) is 0 Å².